The maximum atomic E-state index is 13.2. The molecule has 5 heteroatoms. The zero-order chi connectivity index (χ0) is 19.4. The topological polar surface area (TPSA) is 69.7 Å². The van der Waals surface area contributed by atoms with E-state index in [0.29, 0.717) is 31.1 Å². The number of ether oxygens (including phenoxy) is 2. The van der Waals surface area contributed by atoms with E-state index in [1.165, 1.54) is 0 Å². The molecule has 27 heavy (non-hydrogen) atoms. The average Bonchev–Trinajstić information content (AvgIpc) is 2.98. The summed E-state index contributed by atoms with van der Waals surface area (Å²) in [5.41, 5.74) is -1.59. The molecule has 0 N–H and O–H groups in total. The number of hydrogen-bond donors (Lipinski definition) is 0. The molecule has 5 nitrogen and oxygen atoms in total. The summed E-state index contributed by atoms with van der Waals surface area (Å²) < 4.78 is 11.9. The highest BCUT2D eigenvalue weighted by Crippen LogP contribution is 2.63. The molecule has 5 saturated carbocycles. The number of ketones is 1. The first-order chi connectivity index (χ1) is 12.7. The number of carbonyl (C=O) groups is 3. The summed E-state index contributed by atoms with van der Waals surface area (Å²) in [5, 5.41) is 0. The van der Waals surface area contributed by atoms with Gasteiger partial charge < -0.3 is 9.47 Å². The molecule has 3 atom stereocenters. The molecule has 150 valence electrons. The van der Waals surface area contributed by atoms with Gasteiger partial charge in [0, 0.05) is 12.8 Å². The van der Waals surface area contributed by atoms with Crippen LogP contribution in [0.4, 0.5) is 0 Å². The number of rotatable bonds is 5. The lowest BCUT2D eigenvalue weighted by Gasteiger charge is -2.60. The molecule has 0 aromatic heterocycles. The van der Waals surface area contributed by atoms with Gasteiger partial charge in [0.25, 0.3) is 0 Å². The molecule has 0 saturated heterocycles. The third-order valence-corrected chi connectivity index (χ3v) is 7.68. The molecule has 0 amide bonds. The second-order valence-corrected chi connectivity index (χ2v) is 10.3. The molecular formula is C22H32O5. The Labute approximate surface area is 161 Å². The van der Waals surface area contributed by atoms with E-state index in [1.807, 2.05) is 20.8 Å². The van der Waals surface area contributed by atoms with Crippen LogP contribution in [0.1, 0.15) is 85.0 Å². The molecule has 0 aromatic rings. The Morgan fingerprint density at radius 2 is 1.81 bits per heavy atom. The van der Waals surface area contributed by atoms with Crippen molar-refractivity contribution in [1.82, 2.24) is 0 Å². The van der Waals surface area contributed by atoms with E-state index < -0.39 is 22.5 Å². The van der Waals surface area contributed by atoms with Gasteiger partial charge >= 0.3 is 11.9 Å². The molecule has 0 spiro atoms. The Hall–Kier alpha value is -1.39. The molecule has 0 heterocycles. The lowest BCUT2D eigenvalue weighted by molar-refractivity contribution is -0.219. The van der Waals surface area contributed by atoms with Gasteiger partial charge in [-0.1, -0.05) is 6.92 Å². The summed E-state index contributed by atoms with van der Waals surface area (Å²) in [4.78, 5) is 37.9. The van der Waals surface area contributed by atoms with Crippen molar-refractivity contribution in [2.24, 2.45) is 22.7 Å². The van der Waals surface area contributed by atoms with Crippen molar-refractivity contribution < 1.29 is 23.9 Å². The second kappa shape index (κ2) is 6.31. The van der Waals surface area contributed by atoms with Gasteiger partial charge in [0.1, 0.15) is 5.60 Å². The molecule has 5 rings (SSSR count). The van der Waals surface area contributed by atoms with Crippen molar-refractivity contribution in [2.45, 2.75) is 96.7 Å². The molecule has 0 radical (unpaired) electrons. The van der Waals surface area contributed by atoms with Crippen LogP contribution in [-0.4, -0.2) is 29.4 Å². The van der Waals surface area contributed by atoms with Crippen molar-refractivity contribution in [3.63, 3.8) is 0 Å². The van der Waals surface area contributed by atoms with Gasteiger partial charge in [-0.3, -0.25) is 14.4 Å². The minimum Gasteiger partial charge on any atom is -0.459 e. The first kappa shape index (κ1) is 18.9. The zero-order valence-electron chi connectivity index (χ0n) is 16.8. The highest BCUT2D eigenvalue weighted by atomic mass is 16.6. The van der Waals surface area contributed by atoms with Gasteiger partial charge in [0.15, 0.2) is 11.9 Å². The highest BCUT2D eigenvalue weighted by Gasteiger charge is 2.63. The minimum atomic E-state index is -0.566. The second-order valence-electron chi connectivity index (χ2n) is 10.3. The van der Waals surface area contributed by atoms with Crippen LogP contribution in [0.5, 0.6) is 0 Å². The van der Waals surface area contributed by atoms with E-state index in [4.69, 9.17) is 9.47 Å². The summed E-state index contributed by atoms with van der Waals surface area (Å²) in [7, 11) is 0. The van der Waals surface area contributed by atoms with Gasteiger partial charge in [0.05, 0.1) is 10.8 Å². The minimum absolute atomic E-state index is 0.0546. The Morgan fingerprint density at radius 3 is 2.37 bits per heavy atom. The van der Waals surface area contributed by atoms with Gasteiger partial charge in [-0.15, -0.1) is 0 Å². The SMILES string of the molecule is CCC(C)(C)C(=O)OC12CC3CC(C1)CC(C(=O)OC1CCCC1=O)(C3)C2. The first-order valence-corrected chi connectivity index (χ1v) is 10.6. The van der Waals surface area contributed by atoms with Crippen LogP contribution in [0.3, 0.4) is 0 Å². The third-order valence-electron chi connectivity index (χ3n) is 7.68. The predicted molar refractivity (Wildman–Crippen MR) is 98.7 cm³/mol. The monoisotopic (exact) mass is 376 g/mol. The third kappa shape index (κ3) is 3.21. The van der Waals surface area contributed by atoms with Crippen LogP contribution in [0.15, 0.2) is 0 Å². The normalized spacial score (nSPS) is 40.3. The standard InChI is InChI=1S/C22H32O5/c1-4-20(2,3)18(24)27-22-11-14-8-15(12-22)10-21(9-14,13-22)19(25)26-17-7-5-6-16(17)23/h14-15,17H,4-13H2,1-3H3. The summed E-state index contributed by atoms with van der Waals surface area (Å²) in [5.74, 6) is 0.513. The van der Waals surface area contributed by atoms with Crippen LogP contribution in [-0.2, 0) is 23.9 Å². The van der Waals surface area contributed by atoms with Gasteiger partial charge in [-0.25, -0.2) is 0 Å². The average molecular weight is 376 g/mol. The Morgan fingerprint density at radius 1 is 1.15 bits per heavy atom. The number of hydrogen-bond acceptors (Lipinski definition) is 5. The lowest BCUT2D eigenvalue weighted by atomic mass is 9.48. The van der Waals surface area contributed by atoms with Crippen molar-refractivity contribution >= 4 is 17.7 Å². The summed E-state index contributed by atoms with van der Waals surface area (Å²) in [6, 6.07) is 0. The van der Waals surface area contributed by atoms with Crippen molar-refractivity contribution in [2.75, 3.05) is 0 Å². The van der Waals surface area contributed by atoms with Gasteiger partial charge in [-0.2, -0.15) is 0 Å². The van der Waals surface area contributed by atoms with E-state index in [0.717, 1.165) is 44.9 Å². The fourth-order valence-electron chi connectivity index (χ4n) is 6.18. The fourth-order valence-corrected chi connectivity index (χ4v) is 6.18. The quantitative estimate of drug-likeness (QED) is 0.679. The maximum Gasteiger partial charge on any atom is 0.312 e. The van der Waals surface area contributed by atoms with Crippen LogP contribution in [0.25, 0.3) is 0 Å². The molecule has 5 aliphatic rings. The summed E-state index contributed by atoms with van der Waals surface area (Å²) in [6.07, 6.45) is 7.21. The molecule has 0 aliphatic heterocycles. The van der Waals surface area contributed by atoms with Crippen LogP contribution in [0, 0.1) is 22.7 Å². The lowest BCUT2D eigenvalue weighted by Crippen LogP contribution is -2.60. The van der Waals surface area contributed by atoms with Gasteiger partial charge in [0.2, 0.25) is 0 Å². The predicted octanol–water partition coefficient (Wildman–Crippen LogP) is 3.97. The largest absolute Gasteiger partial charge is 0.459 e. The van der Waals surface area contributed by atoms with Crippen molar-refractivity contribution in [3.8, 4) is 0 Å². The molecule has 4 bridgehead atoms. The maximum absolute atomic E-state index is 13.2. The van der Waals surface area contributed by atoms with Crippen LogP contribution < -0.4 is 0 Å². The Kier molecular flexibility index (Phi) is 4.43. The highest BCUT2D eigenvalue weighted by molar-refractivity contribution is 5.88. The molecule has 5 aliphatic carbocycles. The molecule has 0 aromatic carbocycles. The number of Topliss-reactive ketones (excluding diaryl/α,β-unsaturated/α-hetero) is 1. The van der Waals surface area contributed by atoms with E-state index >= 15 is 0 Å². The summed E-state index contributed by atoms with van der Waals surface area (Å²) >= 11 is 0. The molecule has 3 unspecified atom stereocenters. The van der Waals surface area contributed by atoms with Crippen LogP contribution in [0.2, 0.25) is 0 Å². The molecule has 5 fully saturated rings. The zero-order valence-corrected chi connectivity index (χ0v) is 16.8. The van der Waals surface area contributed by atoms with Crippen LogP contribution >= 0.6 is 0 Å². The molecular weight excluding hydrogens is 344 g/mol. The van der Waals surface area contributed by atoms with Crippen molar-refractivity contribution in [3.05, 3.63) is 0 Å². The first-order valence-electron chi connectivity index (χ1n) is 10.6. The van der Waals surface area contributed by atoms with E-state index in [2.05, 4.69) is 0 Å². The number of esters is 2. The van der Waals surface area contributed by atoms with Gasteiger partial charge in [-0.05, 0) is 77.0 Å². The smallest absolute Gasteiger partial charge is 0.312 e. The van der Waals surface area contributed by atoms with E-state index in [-0.39, 0.29) is 17.7 Å². The fraction of sp³-hybridized carbons (Fsp3) is 0.864. The number of carbonyl (C=O) groups excluding carboxylic acids is 3. The Bertz CT molecular complexity index is 650. The summed E-state index contributed by atoms with van der Waals surface area (Å²) in [6.45, 7) is 5.84. The van der Waals surface area contributed by atoms with E-state index in [9.17, 15) is 14.4 Å². The van der Waals surface area contributed by atoms with E-state index in [1.54, 1.807) is 0 Å². The Balaban J connectivity index is 1.54. The van der Waals surface area contributed by atoms with Crippen molar-refractivity contribution in [1.29, 1.82) is 0 Å².